The van der Waals surface area contributed by atoms with E-state index in [9.17, 15) is 13.2 Å². The molecule has 1 amide bonds. The lowest BCUT2D eigenvalue weighted by Gasteiger charge is -2.33. The molecule has 6 heteroatoms. The van der Waals surface area contributed by atoms with Crippen LogP contribution in [0.3, 0.4) is 0 Å². The van der Waals surface area contributed by atoms with Gasteiger partial charge in [0.1, 0.15) is 0 Å². The number of benzene rings is 2. The summed E-state index contributed by atoms with van der Waals surface area (Å²) in [4.78, 5) is 15.1. The van der Waals surface area contributed by atoms with Gasteiger partial charge in [0, 0.05) is 23.8 Å². The number of carbonyl (C=O) groups is 1. The van der Waals surface area contributed by atoms with Gasteiger partial charge in [0.05, 0.1) is 4.90 Å². The first-order chi connectivity index (χ1) is 13.5. The smallest absolute Gasteiger partial charge is 0.258 e. The van der Waals surface area contributed by atoms with E-state index in [1.54, 1.807) is 23.1 Å². The molecular weight excluding hydrogens is 372 g/mol. The SMILES string of the molecule is CC1CCN(C(=O)c2cccc(S(=O)(=O)NC3CCCC3)c2)c2ccccc21. The molecule has 148 valence electrons. The third-order valence-corrected chi connectivity index (χ3v) is 7.38. The minimum absolute atomic E-state index is 0.000170. The number of nitrogens with one attached hydrogen (secondary N) is 1. The third-order valence-electron chi connectivity index (χ3n) is 5.86. The Balaban J connectivity index is 1.61. The average Bonchev–Trinajstić information content (AvgIpc) is 3.20. The Morgan fingerprint density at radius 2 is 1.79 bits per heavy atom. The molecule has 2 aromatic carbocycles. The second kappa shape index (κ2) is 7.68. The Bertz CT molecular complexity index is 981. The van der Waals surface area contributed by atoms with Gasteiger partial charge in [-0.25, -0.2) is 13.1 Å². The number of amides is 1. The van der Waals surface area contributed by atoms with Crippen molar-refractivity contribution in [1.82, 2.24) is 4.72 Å². The molecule has 28 heavy (non-hydrogen) atoms. The summed E-state index contributed by atoms with van der Waals surface area (Å²) in [6.45, 7) is 2.80. The maximum absolute atomic E-state index is 13.2. The monoisotopic (exact) mass is 398 g/mol. The van der Waals surface area contributed by atoms with E-state index in [0.717, 1.165) is 43.4 Å². The summed E-state index contributed by atoms with van der Waals surface area (Å²) in [5.74, 6) is 0.250. The highest BCUT2D eigenvalue weighted by atomic mass is 32.2. The Kier molecular flexibility index (Phi) is 5.25. The van der Waals surface area contributed by atoms with E-state index in [1.165, 1.54) is 6.07 Å². The minimum Gasteiger partial charge on any atom is -0.308 e. The Hall–Kier alpha value is -2.18. The number of hydrogen-bond acceptors (Lipinski definition) is 3. The van der Waals surface area contributed by atoms with Gasteiger partial charge in [0.25, 0.3) is 5.91 Å². The summed E-state index contributed by atoms with van der Waals surface area (Å²) in [6, 6.07) is 14.3. The van der Waals surface area contributed by atoms with Crippen molar-refractivity contribution >= 4 is 21.6 Å². The molecule has 1 aliphatic heterocycles. The van der Waals surface area contributed by atoms with Gasteiger partial charge in [-0.15, -0.1) is 0 Å². The predicted octanol–water partition coefficient (Wildman–Crippen LogP) is 4.06. The number of nitrogens with zero attached hydrogens (tertiary/aromatic N) is 1. The molecule has 0 aromatic heterocycles. The first-order valence-electron chi connectivity index (χ1n) is 9.99. The van der Waals surface area contributed by atoms with Crippen LogP contribution in [0.15, 0.2) is 53.4 Å². The van der Waals surface area contributed by atoms with E-state index in [4.69, 9.17) is 0 Å². The molecule has 1 heterocycles. The highest BCUT2D eigenvalue weighted by Gasteiger charge is 2.28. The number of carbonyl (C=O) groups excluding carboxylic acids is 1. The van der Waals surface area contributed by atoms with Crippen LogP contribution in [0.2, 0.25) is 0 Å². The summed E-state index contributed by atoms with van der Waals surface area (Å²) in [7, 11) is -3.62. The maximum Gasteiger partial charge on any atom is 0.258 e. The van der Waals surface area contributed by atoms with Gasteiger partial charge < -0.3 is 4.90 Å². The molecule has 4 rings (SSSR count). The van der Waals surface area contributed by atoms with E-state index in [0.29, 0.717) is 18.0 Å². The second-order valence-corrected chi connectivity index (χ2v) is 9.55. The van der Waals surface area contributed by atoms with Crippen LogP contribution in [0.1, 0.15) is 60.9 Å². The maximum atomic E-state index is 13.2. The van der Waals surface area contributed by atoms with Crippen molar-refractivity contribution in [2.24, 2.45) is 0 Å². The molecule has 1 atom stereocenters. The first-order valence-corrected chi connectivity index (χ1v) is 11.5. The average molecular weight is 399 g/mol. The van der Waals surface area contributed by atoms with Crippen LogP contribution in [0, 0.1) is 0 Å². The lowest BCUT2D eigenvalue weighted by atomic mass is 9.91. The van der Waals surface area contributed by atoms with E-state index < -0.39 is 10.0 Å². The summed E-state index contributed by atoms with van der Waals surface area (Å²) >= 11 is 0. The first kappa shape index (κ1) is 19.2. The standard InChI is InChI=1S/C22H26N2O3S/c1-16-13-14-24(21-12-5-4-11-20(16)21)22(25)17-7-6-10-19(15-17)28(26,27)23-18-8-2-3-9-18/h4-7,10-12,15-16,18,23H,2-3,8-9,13-14H2,1H3. The predicted molar refractivity (Wildman–Crippen MR) is 110 cm³/mol. The van der Waals surface area contributed by atoms with Crippen molar-refractivity contribution < 1.29 is 13.2 Å². The number of para-hydroxylation sites is 1. The van der Waals surface area contributed by atoms with Gasteiger partial charge in [0.15, 0.2) is 0 Å². The quantitative estimate of drug-likeness (QED) is 0.844. The topological polar surface area (TPSA) is 66.5 Å². The molecule has 1 fully saturated rings. The highest BCUT2D eigenvalue weighted by molar-refractivity contribution is 7.89. The number of fused-ring (bicyclic) bond motifs is 1. The van der Waals surface area contributed by atoms with Gasteiger partial charge in [-0.2, -0.15) is 0 Å². The van der Waals surface area contributed by atoms with Crippen molar-refractivity contribution in [2.75, 3.05) is 11.4 Å². The van der Waals surface area contributed by atoms with Crippen LogP contribution in [-0.2, 0) is 10.0 Å². The lowest BCUT2D eigenvalue weighted by molar-refractivity contribution is 0.0984. The van der Waals surface area contributed by atoms with E-state index >= 15 is 0 Å². The van der Waals surface area contributed by atoms with E-state index in [1.807, 2.05) is 18.2 Å². The fraction of sp³-hybridized carbons (Fsp3) is 0.409. The van der Waals surface area contributed by atoms with Gasteiger partial charge >= 0.3 is 0 Å². The number of rotatable bonds is 4. The minimum atomic E-state index is -3.62. The van der Waals surface area contributed by atoms with Gasteiger partial charge in [-0.3, -0.25) is 4.79 Å². The molecule has 1 N–H and O–H groups in total. The van der Waals surface area contributed by atoms with E-state index in [-0.39, 0.29) is 16.8 Å². The van der Waals surface area contributed by atoms with Gasteiger partial charge in [-0.05, 0) is 55.0 Å². The van der Waals surface area contributed by atoms with Gasteiger partial charge in [0.2, 0.25) is 10.0 Å². The van der Waals surface area contributed by atoms with Crippen LogP contribution in [-0.4, -0.2) is 26.9 Å². The molecule has 5 nitrogen and oxygen atoms in total. The zero-order chi connectivity index (χ0) is 19.7. The molecule has 0 bridgehead atoms. The van der Waals surface area contributed by atoms with Crippen LogP contribution < -0.4 is 9.62 Å². The molecule has 1 aliphatic carbocycles. The fourth-order valence-corrected chi connectivity index (χ4v) is 5.59. The summed E-state index contributed by atoms with van der Waals surface area (Å²) in [5.41, 5.74) is 2.48. The van der Waals surface area contributed by atoms with Crippen molar-refractivity contribution in [2.45, 2.75) is 55.9 Å². The van der Waals surface area contributed by atoms with Crippen LogP contribution in [0.5, 0.6) is 0 Å². The Morgan fingerprint density at radius 1 is 1.04 bits per heavy atom. The highest BCUT2D eigenvalue weighted by Crippen LogP contribution is 2.35. The second-order valence-electron chi connectivity index (χ2n) is 7.84. The summed E-state index contributed by atoms with van der Waals surface area (Å²) < 4.78 is 28.3. The molecule has 1 unspecified atom stereocenters. The summed E-state index contributed by atoms with van der Waals surface area (Å²) in [5, 5.41) is 0. The molecule has 0 saturated heterocycles. The fourth-order valence-electron chi connectivity index (χ4n) is 4.24. The molecular formula is C22H26N2O3S. The van der Waals surface area contributed by atoms with Crippen molar-refractivity contribution in [1.29, 1.82) is 0 Å². The van der Waals surface area contributed by atoms with Crippen LogP contribution >= 0.6 is 0 Å². The Morgan fingerprint density at radius 3 is 2.57 bits per heavy atom. The molecule has 1 saturated carbocycles. The van der Waals surface area contributed by atoms with Gasteiger partial charge in [-0.1, -0.05) is 44.0 Å². The number of hydrogen-bond donors (Lipinski definition) is 1. The molecule has 2 aromatic rings. The lowest BCUT2D eigenvalue weighted by Crippen LogP contribution is -2.36. The third kappa shape index (κ3) is 3.71. The normalized spacial score (nSPS) is 20.2. The van der Waals surface area contributed by atoms with E-state index in [2.05, 4.69) is 17.7 Å². The van der Waals surface area contributed by atoms with Crippen molar-refractivity contribution in [3.05, 3.63) is 59.7 Å². The van der Waals surface area contributed by atoms with Crippen LogP contribution in [0.25, 0.3) is 0 Å². The Labute approximate surface area is 166 Å². The summed E-state index contributed by atoms with van der Waals surface area (Å²) in [6.07, 6.45) is 4.75. The van der Waals surface area contributed by atoms with Crippen LogP contribution in [0.4, 0.5) is 5.69 Å². The zero-order valence-electron chi connectivity index (χ0n) is 16.1. The largest absolute Gasteiger partial charge is 0.308 e. The van der Waals surface area contributed by atoms with Crippen molar-refractivity contribution in [3.63, 3.8) is 0 Å². The number of anilines is 1. The number of sulfonamides is 1. The zero-order valence-corrected chi connectivity index (χ0v) is 16.9. The van der Waals surface area contributed by atoms with Crippen molar-refractivity contribution in [3.8, 4) is 0 Å². The molecule has 0 radical (unpaired) electrons. The molecule has 2 aliphatic rings. The molecule has 0 spiro atoms.